The summed E-state index contributed by atoms with van der Waals surface area (Å²) >= 11 is 0. The number of hydrogen-bond donors (Lipinski definition) is 1. The fraction of sp³-hybridized carbons (Fsp3) is 0.438. The van der Waals surface area contributed by atoms with Crippen molar-refractivity contribution in [3.05, 3.63) is 18.2 Å². The summed E-state index contributed by atoms with van der Waals surface area (Å²) in [5.41, 5.74) is 1.26. The monoisotopic (exact) mass is 320 g/mol. The van der Waals surface area contributed by atoms with Crippen molar-refractivity contribution in [1.29, 1.82) is 0 Å². The first-order chi connectivity index (χ1) is 11.0. The van der Waals surface area contributed by atoms with Crippen molar-refractivity contribution in [2.24, 2.45) is 0 Å². The number of nitrogens with one attached hydrogen (secondary N) is 1. The third-order valence-electron chi connectivity index (χ3n) is 3.42. The van der Waals surface area contributed by atoms with E-state index in [4.69, 9.17) is 4.74 Å². The van der Waals surface area contributed by atoms with Gasteiger partial charge < -0.3 is 19.7 Å². The number of hydrogen-bond acceptors (Lipinski definition) is 5. The summed E-state index contributed by atoms with van der Waals surface area (Å²) in [5.74, 6) is -0.228. The lowest BCUT2D eigenvalue weighted by atomic mass is 10.2. The molecule has 7 nitrogen and oxygen atoms in total. The highest BCUT2D eigenvalue weighted by atomic mass is 16.5. The van der Waals surface area contributed by atoms with Crippen LogP contribution in [0.4, 0.5) is 11.4 Å². The molecule has 1 aliphatic rings. The van der Waals surface area contributed by atoms with E-state index < -0.39 is 5.97 Å². The molecular formula is C16H20N2O5. The van der Waals surface area contributed by atoms with Gasteiger partial charge in [-0.3, -0.25) is 14.4 Å². The Morgan fingerprint density at radius 2 is 2.13 bits per heavy atom. The summed E-state index contributed by atoms with van der Waals surface area (Å²) in [7, 11) is 1.28. The molecule has 0 spiro atoms. The first kappa shape index (κ1) is 16.8. The Hall–Kier alpha value is -2.57. The molecule has 0 fully saturated rings. The number of esters is 1. The summed E-state index contributed by atoms with van der Waals surface area (Å²) in [6.07, 6.45) is 0.921. The largest absolute Gasteiger partial charge is 0.481 e. The van der Waals surface area contributed by atoms with Crippen LogP contribution in [-0.2, 0) is 19.1 Å². The summed E-state index contributed by atoms with van der Waals surface area (Å²) in [5, 5.41) is 2.70. The molecule has 23 heavy (non-hydrogen) atoms. The molecule has 2 amide bonds. The zero-order valence-electron chi connectivity index (χ0n) is 13.3. The van der Waals surface area contributed by atoms with Gasteiger partial charge in [-0.15, -0.1) is 0 Å². The van der Waals surface area contributed by atoms with Crippen LogP contribution in [0.3, 0.4) is 0 Å². The molecule has 0 aromatic heterocycles. The molecule has 0 aliphatic carbocycles. The molecule has 1 aromatic carbocycles. The lowest BCUT2D eigenvalue weighted by molar-refractivity contribution is -0.141. The van der Waals surface area contributed by atoms with Gasteiger partial charge >= 0.3 is 5.97 Å². The molecule has 124 valence electrons. The number of carbonyl (C=O) groups excluding carboxylic acids is 3. The van der Waals surface area contributed by atoms with E-state index in [-0.39, 0.29) is 31.3 Å². The first-order valence-electron chi connectivity index (χ1n) is 7.49. The van der Waals surface area contributed by atoms with Crippen LogP contribution in [0.2, 0.25) is 0 Å². The van der Waals surface area contributed by atoms with Crippen LogP contribution in [0.15, 0.2) is 18.2 Å². The standard InChI is InChI=1S/C16H20N2O5/c1-3-8-18-12-5-4-11(9-13(12)23-10-15(18)20)17-14(19)6-7-16(21)22-2/h4-5,9H,3,6-8,10H2,1-2H3,(H,17,19). The van der Waals surface area contributed by atoms with Crippen molar-refractivity contribution in [1.82, 2.24) is 0 Å². The van der Waals surface area contributed by atoms with Gasteiger partial charge in [-0.2, -0.15) is 0 Å². The summed E-state index contributed by atoms with van der Waals surface area (Å²) < 4.78 is 9.93. The minimum absolute atomic E-state index is 0.00720. The average molecular weight is 320 g/mol. The van der Waals surface area contributed by atoms with Gasteiger partial charge in [-0.25, -0.2) is 0 Å². The molecule has 0 saturated carbocycles. The number of fused-ring (bicyclic) bond motifs is 1. The van der Waals surface area contributed by atoms with Crippen molar-refractivity contribution < 1.29 is 23.9 Å². The second-order valence-electron chi connectivity index (χ2n) is 5.14. The van der Waals surface area contributed by atoms with Crippen LogP contribution in [0, 0.1) is 0 Å². The normalized spacial score (nSPS) is 13.1. The van der Waals surface area contributed by atoms with Crippen LogP contribution in [0.1, 0.15) is 26.2 Å². The molecule has 0 unspecified atom stereocenters. The van der Waals surface area contributed by atoms with E-state index in [1.165, 1.54) is 7.11 Å². The van der Waals surface area contributed by atoms with Crippen LogP contribution in [0.25, 0.3) is 0 Å². The zero-order valence-corrected chi connectivity index (χ0v) is 13.3. The van der Waals surface area contributed by atoms with Crippen molar-refractivity contribution in [2.45, 2.75) is 26.2 Å². The topological polar surface area (TPSA) is 84.9 Å². The summed E-state index contributed by atoms with van der Waals surface area (Å²) in [6, 6.07) is 5.14. The van der Waals surface area contributed by atoms with Crippen LogP contribution in [-0.4, -0.2) is 38.0 Å². The second-order valence-corrected chi connectivity index (χ2v) is 5.14. The zero-order chi connectivity index (χ0) is 16.8. The minimum atomic E-state index is -0.428. The molecule has 0 bridgehead atoms. The molecule has 1 N–H and O–H groups in total. The molecule has 0 atom stereocenters. The van der Waals surface area contributed by atoms with Gasteiger partial charge in [0, 0.05) is 24.7 Å². The Morgan fingerprint density at radius 1 is 1.35 bits per heavy atom. The molecular weight excluding hydrogens is 300 g/mol. The van der Waals surface area contributed by atoms with Gasteiger partial charge in [0.25, 0.3) is 5.91 Å². The number of rotatable bonds is 6. The fourth-order valence-electron chi connectivity index (χ4n) is 2.29. The first-order valence-corrected chi connectivity index (χ1v) is 7.49. The molecule has 1 aliphatic heterocycles. The number of benzene rings is 1. The Bertz CT molecular complexity index is 614. The van der Waals surface area contributed by atoms with Gasteiger partial charge in [-0.1, -0.05) is 6.92 Å². The maximum atomic E-state index is 11.9. The number of methoxy groups -OCH3 is 1. The summed E-state index contributed by atoms with van der Waals surface area (Å²) in [6.45, 7) is 2.62. The van der Waals surface area contributed by atoms with E-state index in [0.29, 0.717) is 23.7 Å². The van der Waals surface area contributed by atoms with E-state index in [1.807, 2.05) is 6.92 Å². The number of nitrogens with zero attached hydrogens (tertiary/aromatic N) is 1. The summed E-state index contributed by atoms with van der Waals surface area (Å²) in [4.78, 5) is 36.4. The smallest absolute Gasteiger partial charge is 0.306 e. The second kappa shape index (κ2) is 7.62. The van der Waals surface area contributed by atoms with E-state index >= 15 is 0 Å². The van der Waals surface area contributed by atoms with E-state index in [2.05, 4.69) is 10.1 Å². The number of ether oxygens (including phenoxy) is 2. The number of amides is 2. The maximum absolute atomic E-state index is 11.9. The van der Waals surface area contributed by atoms with Gasteiger partial charge in [0.1, 0.15) is 5.75 Å². The van der Waals surface area contributed by atoms with Crippen molar-refractivity contribution in [3.63, 3.8) is 0 Å². The molecule has 1 heterocycles. The Morgan fingerprint density at radius 3 is 2.83 bits per heavy atom. The lowest BCUT2D eigenvalue weighted by Crippen LogP contribution is -2.39. The van der Waals surface area contributed by atoms with Crippen molar-refractivity contribution in [2.75, 3.05) is 30.5 Å². The van der Waals surface area contributed by atoms with E-state index in [1.54, 1.807) is 23.1 Å². The van der Waals surface area contributed by atoms with Gasteiger partial charge in [0.2, 0.25) is 5.91 Å². The third kappa shape index (κ3) is 4.21. The Balaban J connectivity index is 2.05. The Labute approximate surface area is 134 Å². The van der Waals surface area contributed by atoms with Crippen LogP contribution >= 0.6 is 0 Å². The predicted octanol–water partition coefficient (Wildman–Crippen LogP) is 1.71. The van der Waals surface area contributed by atoms with Crippen LogP contribution < -0.4 is 15.0 Å². The number of anilines is 2. The quantitative estimate of drug-likeness (QED) is 0.807. The van der Waals surface area contributed by atoms with E-state index in [9.17, 15) is 14.4 Å². The molecule has 2 rings (SSSR count). The fourth-order valence-corrected chi connectivity index (χ4v) is 2.29. The van der Waals surface area contributed by atoms with E-state index in [0.717, 1.165) is 6.42 Å². The average Bonchev–Trinajstić information content (AvgIpc) is 2.55. The highest BCUT2D eigenvalue weighted by molar-refractivity contribution is 5.99. The maximum Gasteiger partial charge on any atom is 0.306 e. The SMILES string of the molecule is CCCN1C(=O)COc2cc(NC(=O)CCC(=O)OC)ccc21. The molecule has 7 heteroatoms. The minimum Gasteiger partial charge on any atom is -0.481 e. The van der Waals surface area contributed by atoms with Crippen molar-refractivity contribution >= 4 is 29.2 Å². The lowest BCUT2D eigenvalue weighted by Gasteiger charge is -2.29. The predicted molar refractivity (Wildman–Crippen MR) is 84.5 cm³/mol. The Kier molecular flexibility index (Phi) is 5.56. The van der Waals surface area contributed by atoms with Crippen molar-refractivity contribution in [3.8, 4) is 5.75 Å². The molecule has 1 aromatic rings. The van der Waals surface area contributed by atoms with Gasteiger partial charge in [0.05, 0.1) is 19.2 Å². The molecule has 0 saturated heterocycles. The molecule has 0 radical (unpaired) electrons. The highest BCUT2D eigenvalue weighted by Gasteiger charge is 2.25. The highest BCUT2D eigenvalue weighted by Crippen LogP contribution is 2.34. The number of carbonyl (C=O) groups is 3. The third-order valence-corrected chi connectivity index (χ3v) is 3.42. The van der Waals surface area contributed by atoms with Gasteiger partial charge in [0.15, 0.2) is 6.61 Å². The van der Waals surface area contributed by atoms with Crippen LogP contribution in [0.5, 0.6) is 5.75 Å². The van der Waals surface area contributed by atoms with Gasteiger partial charge in [-0.05, 0) is 18.6 Å².